The fraction of sp³-hybridized carbons (Fsp3) is 0.467. The summed E-state index contributed by atoms with van der Waals surface area (Å²) in [6.07, 6.45) is 0.221. The summed E-state index contributed by atoms with van der Waals surface area (Å²) in [5.41, 5.74) is 1.77. The fourth-order valence-corrected chi connectivity index (χ4v) is 2.15. The van der Waals surface area contributed by atoms with E-state index in [1.807, 2.05) is 13.8 Å². The van der Waals surface area contributed by atoms with E-state index in [9.17, 15) is 9.59 Å². The molecule has 0 aliphatic heterocycles. The van der Waals surface area contributed by atoms with Gasteiger partial charge >= 0.3 is 5.97 Å². The molecular formula is C15H19ClO4. The topological polar surface area (TPSA) is 52.6 Å². The van der Waals surface area contributed by atoms with E-state index in [2.05, 4.69) is 0 Å². The van der Waals surface area contributed by atoms with E-state index in [-0.39, 0.29) is 31.2 Å². The van der Waals surface area contributed by atoms with E-state index in [1.54, 1.807) is 19.1 Å². The van der Waals surface area contributed by atoms with Crippen molar-refractivity contribution in [1.82, 2.24) is 0 Å². The molecule has 0 aromatic heterocycles. The maximum atomic E-state index is 11.7. The van der Waals surface area contributed by atoms with Crippen LogP contribution in [0.3, 0.4) is 0 Å². The van der Waals surface area contributed by atoms with E-state index in [0.29, 0.717) is 17.4 Å². The number of Topliss-reactive ketones (excluding diaryl/α,β-unsaturated/α-hetero) is 1. The molecule has 1 rings (SSSR count). The highest BCUT2D eigenvalue weighted by atomic mass is 35.5. The lowest BCUT2D eigenvalue weighted by molar-refractivity contribution is -0.144. The van der Waals surface area contributed by atoms with Gasteiger partial charge in [-0.3, -0.25) is 9.59 Å². The second kappa shape index (κ2) is 7.90. The highest BCUT2D eigenvalue weighted by Gasteiger charge is 2.11. The highest BCUT2D eigenvalue weighted by Crippen LogP contribution is 2.27. The number of ketones is 1. The van der Waals surface area contributed by atoms with Gasteiger partial charge in [-0.05, 0) is 44.0 Å². The Hall–Kier alpha value is -1.55. The SMILES string of the molecule is CCOC(=O)CCC(=O)COc1c(C)cc(Cl)cc1C. The molecule has 5 heteroatoms. The Morgan fingerprint density at radius 3 is 2.30 bits per heavy atom. The molecule has 0 atom stereocenters. The minimum absolute atomic E-state index is 0.0529. The van der Waals surface area contributed by atoms with Crippen molar-refractivity contribution in [2.75, 3.05) is 13.2 Å². The summed E-state index contributed by atoms with van der Waals surface area (Å²) in [4.78, 5) is 22.8. The van der Waals surface area contributed by atoms with Gasteiger partial charge in [0.2, 0.25) is 0 Å². The van der Waals surface area contributed by atoms with Crippen LogP contribution in [0, 0.1) is 13.8 Å². The summed E-state index contributed by atoms with van der Waals surface area (Å²) in [6, 6.07) is 3.57. The van der Waals surface area contributed by atoms with Crippen molar-refractivity contribution >= 4 is 23.4 Å². The summed E-state index contributed by atoms with van der Waals surface area (Å²) in [7, 11) is 0. The van der Waals surface area contributed by atoms with Crippen LogP contribution in [0.25, 0.3) is 0 Å². The molecule has 0 aliphatic rings. The van der Waals surface area contributed by atoms with E-state index in [0.717, 1.165) is 11.1 Å². The van der Waals surface area contributed by atoms with Crippen LogP contribution in [0.15, 0.2) is 12.1 Å². The van der Waals surface area contributed by atoms with Crippen LogP contribution in [0.2, 0.25) is 5.02 Å². The van der Waals surface area contributed by atoms with Crippen molar-refractivity contribution in [2.45, 2.75) is 33.6 Å². The molecule has 0 radical (unpaired) electrons. The monoisotopic (exact) mass is 298 g/mol. The van der Waals surface area contributed by atoms with Gasteiger partial charge in [0.25, 0.3) is 0 Å². The average molecular weight is 299 g/mol. The van der Waals surface area contributed by atoms with Crippen LogP contribution in [0.1, 0.15) is 30.9 Å². The standard InChI is InChI=1S/C15H19ClO4/c1-4-19-14(18)6-5-13(17)9-20-15-10(2)7-12(16)8-11(15)3/h7-8H,4-6,9H2,1-3H3. The van der Waals surface area contributed by atoms with Crippen molar-refractivity contribution in [3.63, 3.8) is 0 Å². The molecule has 20 heavy (non-hydrogen) atoms. The fourth-order valence-electron chi connectivity index (χ4n) is 1.82. The third-order valence-corrected chi connectivity index (χ3v) is 2.93. The molecule has 0 fully saturated rings. The highest BCUT2D eigenvalue weighted by molar-refractivity contribution is 6.30. The number of esters is 1. The molecule has 0 N–H and O–H groups in total. The number of carbonyl (C=O) groups excluding carboxylic acids is 2. The average Bonchev–Trinajstić information content (AvgIpc) is 2.35. The van der Waals surface area contributed by atoms with Crippen molar-refractivity contribution in [2.24, 2.45) is 0 Å². The molecule has 0 bridgehead atoms. The number of aryl methyl sites for hydroxylation is 2. The number of carbonyl (C=O) groups is 2. The molecule has 1 aromatic carbocycles. The first kappa shape index (κ1) is 16.5. The summed E-state index contributed by atoms with van der Waals surface area (Å²) in [5.74, 6) is 0.172. The minimum Gasteiger partial charge on any atom is -0.485 e. The second-order valence-corrected chi connectivity index (χ2v) is 4.94. The molecule has 4 nitrogen and oxygen atoms in total. The molecule has 0 saturated carbocycles. The van der Waals surface area contributed by atoms with E-state index in [1.165, 1.54) is 0 Å². The summed E-state index contributed by atoms with van der Waals surface area (Å²) in [5, 5.41) is 0.640. The third-order valence-electron chi connectivity index (χ3n) is 2.72. The maximum Gasteiger partial charge on any atom is 0.306 e. The maximum absolute atomic E-state index is 11.7. The van der Waals surface area contributed by atoms with Gasteiger partial charge in [-0.15, -0.1) is 0 Å². The van der Waals surface area contributed by atoms with Gasteiger partial charge in [0.05, 0.1) is 13.0 Å². The van der Waals surface area contributed by atoms with Gasteiger partial charge in [-0.2, -0.15) is 0 Å². The van der Waals surface area contributed by atoms with Crippen molar-refractivity contribution in [3.8, 4) is 5.75 Å². The van der Waals surface area contributed by atoms with E-state index >= 15 is 0 Å². The Morgan fingerprint density at radius 2 is 1.75 bits per heavy atom. The molecule has 110 valence electrons. The van der Waals surface area contributed by atoms with Gasteiger partial charge in [0.1, 0.15) is 12.4 Å². The lowest BCUT2D eigenvalue weighted by atomic mass is 10.1. The van der Waals surface area contributed by atoms with Crippen LogP contribution < -0.4 is 4.74 Å². The van der Waals surface area contributed by atoms with Crippen LogP contribution in [0.5, 0.6) is 5.75 Å². The van der Waals surface area contributed by atoms with Crippen LogP contribution in [-0.2, 0) is 14.3 Å². The number of benzene rings is 1. The predicted octanol–water partition coefficient (Wildman–Crippen LogP) is 3.25. The second-order valence-electron chi connectivity index (χ2n) is 4.50. The van der Waals surface area contributed by atoms with Crippen molar-refractivity contribution < 1.29 is 19.1 Å². The van der Waals surface area contributed by atoms with Gasteiger partial charge < -0.3 is 9.47 Å². The van der Waals surface area contributed by atoms with E-state index in [4.69, 9.17) is 21.1 Å². The molecule has 1 aromatic rings. The zero-order chi connectivity index (χ0) is 15.1. The van der Waals surface area contributed by atoms with Crippen LogP contribution in [0.4, 0.5) is 0 Å². The molecular weight excluding hydrogens is 280 g/mol. The quantitative estimate of drug-likeness (QED) is 0.725. The molecule has 0 amide bonds. The molecule has 0 heterocycles. The number of hydrogen-bond acceptors (Lipinski definition) is 4. The zero-order valence-corrected chi connectivity index (χ0v) is 12.8. The minimum atomic E-state index is -0.361. The molecule has 0 saturated heterocycles. The van der Waals surface area contributed by atoms with Gasteiger partial charge in [0.15, 0.2) is 5.78 Å². The number of hydrogen-bond donors (Lipinski definition) is 0. The number of ether oxygens (including phenoxy) is 2. The van der Waals surface area contributed by atoms with Crippen molar-refractivity contribution in [3.05, 3.63) is 28.3 Å². The molecule has 0 spiro atoms. The Balaban J connectivity index is 2.47. The number of rotatable bonds is 7. The first-order chi connectivity index (χ1) is 9.43. The Kier molecular flexibility index (Phi) is 6.52. The van der Waals surface area contributed by atoms with Crippen molar-refractivity contribution in [1.29, 1.82) is 0 Å². The zero-order valence-electron chi connectivity index (χ0n) is 12.0. The third kappa shape index (κ3) is 5.21. The largest absolute Gasteiger partial charge is 0.485 e. The predicted molar refractivity (Wildman–Crippen MR) is 77.3 cm³/mol. The van der Waals surface area contributed by atoms with Crippen LogP contribution in [-0.4, -0.2) is 25.0 Å². The Morgan fingerprint density at radius 1 is 1.15 bits per heavy atom. The summed E-state index contributed by atoms with van der Waals surface area (Å²) >= 11 is 5.93. The smallest absolute Gasteiger partial charge is 0.306 e. The van der Waals surface area contributed by atoms with Gasteiger partial charge in [-0.1, -0.05) is 11.6 Å². The summed E-state index contributed by atoms with van der Waals surface area (Å²) in [6.45, 7) is 5.75. The molecule has 0 unspecified atom stereocenters. The van der Waals surface area contributed by atoms with Gasteiger partial charge in [0, 0.05) is 11.4 Å². The first-order valence-electron chi connectivity index (χ1n) is 6.51. The first-order valence-corrected chi connectivity index (χ1v) is 6.88. The number of halogens is 1. The van der Waals surface area contributed by atoms with Gasteiger partial charge in [-0.25, -0.2) is 0 Å². The normalized spacial score (nSPS) is 10.2. The lowest BCUT2D eigenvalue weighted by Gasteiger charge is -2.12. The van der Waals surface area contributed by atoms with E-state index < -0.39 is 0 Å². The summed E-state index contributed by atoms with van der Waals surface area (Å²) < 4.78 is 10.3. The lowest BCUT2D eigenvalue weighted by Crippen LogP contribution is -2.14. The Labute approximate surface area is 124 Å². The molecule has 0 aliphatic carbocycles. The Bertz CT molecular complexity index is 474. The van der Waals surface area contributed by atoms with Crippen LogP contribution >= 0.6 is 11.6 Å².